The molecule has 2 aromatic rings. The summed E-state index contributed by atoms with van der Waals surface area (Å²) in [5.74, 6) is 0.741. The lowest BCUT2D eigenvalue weighted by molar-refractivity contribution is 1.04. The molecule has 0 bridgehead atoms. The van der Waals surface area contributed by atoms with Crippen molar-refractivity contribution in [2.75, 3.05) is 11.9 Å². The molecule has 0 aliphatic heterocycles. The Kier molecular flexibility index (Phi) is 3.86. The van der Waals surface area contributed by atoms with E-state index in [1.165, 1.54) is 0 Å². The number of aromatic nitrogens is 2. The topological polar surface area (TPSA) is 29.9 Å². The molecular weight excluding hydrogens is 302 g/mol. The van der Waals surface area contributed by atoms with E-state index in [0.29, 0.717) is 11.6 Å². The molecule has 0 unspecified atom stereocenters. The molecule has 0 spiro atoms. The first-order chi connectivity index (χ1) is 8.22. The van der Waals surface area contributed by atoms with Crippen LogP contribution in [0.4, 0.5) is 5.95 Å². The highest BCUT2D eigenvalue weighted by atomic mass is 79.9. The van der Waals surface area contributed by atoms with Gasteiger partial charge < -0.3 is 5.32 Å². The predicted octanol–water partition coefficient (Wildman–Crippen LogP) is 3.89. The van der Waals surface area contributed by atoms with E-state index in [-0.39, 0.29) is 0 Å². The summed E-state index contributed by atoms with van der Waals surface area (Å²) in [6, 6.07) is 5.70. The van der Waals surface area contributed by atoms with Crippen LogP contribution in [0, 0.1) is 0 Å². The molecule has 1 aromatic carbocycles. The molecule has 0 saturated heterocycles. The number of nitrogens with one attached hydrogen (secondary N) is 1. The normalized spacial score (nSPS) is 10.2. The van der Waals surface area contributed by atoms with Crippen molar-refractivity contribution in [3.63, 3.8) is 0 Å². The van der Waals surface area contributed by atoms with E-state index in [0.717, 1.165) is 16.1 Å². The summed E-state index contributed by atoms with van der Waals surface area (Å²) < 4.78 is 2.87. The minimum absolute atomic E-state index is 0.655. The van der Waals surface area contributed by atoms with Gasteiger partial charge in [-0.2, -0.15) is 0 Å². The van der Waals surface area contributed by atoms with Crippen LogP contribution in [0.5, 0.6) is 0 Å². The molecular formula is C12H11BrClN3. The van der Waals surface area contributed by atoms with Crippen molar-refractivity contribution >= 4 is 33.5 Å². The Bertz CT molecular complexity index is 536. The van der Waals surface area contributed by atoms with Gasteiger partial charge in [0.1, 0.15) is 0 Å². The first-order valence-electron chi connectivity index (χ1n) is 5.06. The standard InChI is InChI=1S/C12H11BrClN3/c1-2-5-15-12-16-6-7-17(12)11-8-9(13)3-4-10(11)14/h2-4,6-8H,1,5H2,(H,15,16). The van der Waals surface area contributed by atoms with E-state index in [1.54, 1.807) is 12.3 Å². The van der Waals surface area contributed by atoms with Crippen molar-refractivity contribution in [2.45, 2.75) is 0 Å². The van der Waals surface area contributed by atoms with Gasteiger partial charge in [-0.1, -0.05) is 33.6 Å². The molecule has 0 saturated carbocycles. The summed E-state index contributed by atoms with van der Waals surface area (Å²) in [6.45, 7) is 4.32. The summed E-state index contributed by atoms with van der Waals surface area (Å²) in [7, 11) is 0. The van der Waals surface area contributed by atoms with Gasteiger partial charge in [0.25, 0.3) is 0 Å². The van der Waals surface area contributed by atoms with Crippen molar-refractivity contribution < 1.29 is 0 Å². The summed E-state index contributed by atoms with van der Waals surface area (Å²) in [5, 5.41) is 3.82. The van der Waals surface area contributed by atoms with Crippen LogP contribution in [0.1, 0.15) is 0 Å². The van der Waals surface area contributed by atoms with Gasteiger partial charge in [-0.3, -0.25) is 4.57 Å². The lowest BCUT2D eigenvalue weighted by Crippen LogP contribution is -2.05. The average Bonchev–Trinajstić information content (AvgIpc) is 2.77. The van der Waals surface area contributed by atoms with Gasteiger partial charge in [0.15, 0.2) is 0 Å². The Labute approximate surface area is 113 Å². The van der Waals surface area contributed by atoms with Gasteiger partial charge in [0, 0.05) is 23.4 Å². The third-order valence-electron chi connectivity index (χ3n) is 2.21. The zero-order chi connectivity index (χ0) is 12.3. The highest BCUT2D eigenvalue weighted by Gasteiger charge is 2.08. The first-order valence-corrected chi connectivity index (χ1v) is 6.23. The molecule has 0 aliphatic rings. The number of rotatable bonds is 4. The van der Waals surface area contributed by atoms with Crippen molar-refractivity contribution in [1.29, 1.82) is 0 Å². The molecule has 0 amide bonds. The predicted molar refractivity (Wildman–Crippen MR) is 75.0 cm³/mol. The molecule has 0 atom stereocenters. The van der Waals surface area contributed by atoms with Crippen LogP contribution >= 0.6 is 27.5 Å². The number of benzene rings is 1. The SMILES string of the molecule is C=CCNc1nccn1-c1cc(Br)ccc1Cl. The summed E-state index contributed by atoms with van der Waals surface area (Å²) >= 11 is 9.61. The van der Waals surface area contributed by atoms with Crippen LogP contribution in [0.15, 0.2) is 47.7 Å². The van der Waals surface area contributed by atoms with E-state index >= 15 is 0 Å². The van der Waals surface area contributed by atoms with Gasteiger partial charge >= 0.3 is 0 Å². The van der Waals surface area contributed by atoms with Crippen molar-refractivity contribution in [1.82, 2.24) is 9.55 Å². The number of halogens is 2. The summed E-state index contributed by atoms with van der Waals surface area (Å²) in [6.07, 6.45) is 5.36. The van der Waals surface area contributed by atoms with E-state index in [1.807, 2.05) is 29.0 Å². The molecule has 17 heavy (non-hydrogen) atoms. The lowest BCUT2D eigenvalue weighted by atomic mass is 10.3. The average molecular weight is 313 g/mol. The highest BCUT2D eigenvalue weighted by molar-refractivity contribution is 9.10. The quantitative estimate of drug-likeness (QED) is 0.868. The largest absolute Gasteiger partial charge is 0.352 e. The van der Waals surface area contributed by atoms with Crippen LogP contribution in [0.3, 0.4) is 0 Å². The van der Waals surface area contributed by atoms with Crippen molar-refractivity contribution in [3.8, 4) is 5.69 Å². The van der Waals surface area contributed by atoms with Crippen molar-refractivity contribution in [3.05, 3.63) is 52.7 Å². The molecule has 88 valence electrons. The maximum Gasteiger partial charge on any atom is 0.207 e. The van der Waals surface area contributed by atoms with E-state index in [2.05, 4.69) is 32.8 Å². The number of hydrogen-bond acceptors (Lipinski definition) is 2. The van der Waals surface area contributed by atoms with E-state index in [9.17, 15) is 0 Å². The second-order valence-electron chi connectivity index (χ2n) is 3.39. The first kappa shape index (κ1) is 12.2. The van der Waals surface area contributed by atoms with Gasteiger partial charge in [0.2, 0.25) is 5.95 Å². The molecule has 5 heteroatoms. The van der Waals surface area contributed by atoms with Crippen LogP contribution < -0.4 is 5.32 Å². The van der Waals surface area contributed by atoms with Gasteiger partial charge in [0.05, 0.1) is 10.7 Å². The zero-order valence-electron chi connectivity index (χ0n) is 9.03. The highest BCUT2D eigenvalue weighted by Crippen LogP contribution is 2.26. The molecule has 3 nitrogen and oxygen atoms in total. The van der Waals surface area contributed by atoms with Gasteiger partial charge in [-0.25, -0.2) is 4.98 Å². The van der Waals surface area contributed by atoms with Crippen LogP contribution in [-0.2, 0) is 0 Å². The van der Waals surface area contributed by atoms with Crippen LogP contribution in [-0.4, -0.2) is 16.1 Å². The molecule has 0 fully saturated rings. The lowest BCUT2D eigenvalue weighted by Gasteiger charge is -2.10. The number of imidazole rings is 1. The maximum absolute atomic E-state index is 6.18. The second-order valence-corrected chi connectivity index (χ2v) is 4.71. The smallest absolute Gasteiger partial charge is 0.207 e. The maximum atomic E-state index is 6.18. The van der Waals surface area contributed by atoms with Crippen LogP contribution in [0.25, 0.3) is 5.69 Å². The fourth-order valence-corrected chi connectivity index (χ4v) is 2.02. The molecule has 1 N–H and O–H groups in total. The van der Waals surface area contributed by atoms with E-state index in [4.69, 9.17) is 11.6 Å². The fourth-order valence-electron chi connectivity index (χ4n) is 1.46. The fraction of sp³-hybridized carbons (Fsp3) is 0.0833. The van der Waals surface area contributed by atoms with E-state index < -0.39 is 0 Å². The van der Waals surface area contributed by atoms with Gasteiger partial charge in [-0.05, 0) is 18.2 Å². The summed E-state index contributed by atoms with van der Waals surface area (Å²) in [5.41, 5.74) is 0.880. The Hall–Kier alpha value is -1.26. The number of anilines is 1. The molecule has 1 heterocycles. The van der Waals surface area contributed by atoms with Crippen molar-refractivity contribution in [2.24, 2.45) is 0 Å². The number of hydrogen-bond donors (Lipinski definition) is 1. The number of nitrogens with zero attached hydrogens (tertiary/aromatic N) is 2. The monoisotopic (exact) mass is 311 g/mol. The second kappa shape index (κ2) is 5.38. The molecule has 2 rings (SSSR count). The summed E-state index contributed by atoms with van der Waals surface area (Å²) in [4.78, 5) is 4.23. The third-order valence-corrected chi connectivity index (χ3v) is 3.03. The van der Waals surface area contributed by atoms with Crippen LogP contribution in [0.2, 0.25) is 5.02 Å². The molecule has 0 radical (unpaired) electrons. The minimum atomic E-state index is 0.655. The Morgan fingerprint density at radius 1 is 1.53 bits per heavy atom. The Morgan fingerprint density at radius 3 is 3.12 bits per heavy atom. The Morgan fingerprint density at radius 2 is 2.35 bits per heavy atom. The molecule has 0 aliphatic carbocycles. The Balaban J connectivity index is 2.42. The van der Waals surface area contributed by atoms with Gasteiger partial charge in [-0.15, -0.1) is 6.58 Å². The minimum Gasteiger partial charge on any atom is -0.352 e. The third kappa shape index (κ3) is 2.70. The zero-order valence-corrected chi connectivity index (χ0v) is 11.4. The molecule has 1 aromatic heterocycles.